The molecule has 0 radical (unpaired) electrons. The van der Waals surface area contributed by atoms with Crippen molar-refractivity contribution in [3.63, 3.8) is 0 Å². The van der Waals surface area contributed by atoms with Gasteiger partial charge in [0.1, 0.15) is 5.75 Å². The first kappa shape index (κ1) is 10.6. The Bertz CT molecular complexity index is 388. The molecule has 2 aromatic rings. The minimum absolute atomic E-state index is 0. The maximum absolute atomic E-state index is 5.36. The van der Waals surface area contributed by atoms with E-state index in [2.05, 4.69) is 11.1 Å². The van der Waals surface area contributed by atoms with Crippen molar-refractivity contribution in [2.45, 2.75) is 6.92 Å². The van der Waals surface area contributed by atoms with Crippen molar-refractivity contribution in [2.24, 2.45) is 0 Å². The number of hydrogen-bond acceptors (Lipinski definition) is 1. The van der Waals surface area contributed by atoms with Gasteiger partial charge in [-0.2, -0.15) is 0 Å². The van der Waals surface area contributed by atoms with Crippen LogP contribution in [-0.4, -0.2) is 11.6 Å². The number of rotatable bonds is 2. The van der Waals surface area contributed by atoms with E-state index in [9.17, 15) is 0 Å². The number of H-pyrrole nitrogens is 1. The number of fused-ring (bicyclic) bond motifs is 1. The summed E-state index contributed by atoms with van der Waals surface area (Å²) >= 11 is 0. The Hall–Kier alpha value is -0.440. The van der Waals surface area contributed by atoms with Crippen LogP contribution in [0, 0.1) is 0 Å². The van der Waals surface area contributed by atoms with E-state index in [-0.39, 0.29) is 31.0 Å². The van der Waals surface area contributed by atoms with E-state index in [1.165, 1.54) is 5.39 Å². The van der Waals surface area contributed by atoms with Crippen LogP contribution in [-0.2, 0) is 0 Å². The number of hydrogen-bond donors (Lipinski definition) is 1. The van der Waals surface area contributed by atoms with Gasteiger partial charge in [-0.15, -0.1) is 0 Å². The van der Waals surface area contributed by atoms with Gasteiger partial charge < -0.3 is 11.1 Å². The van der Waals surface area contributed by atoms with Crippen molar-refractivity contribution < 1.29 is 35.7 Å². The van der Waals surface area contributed by atoms with Crippen LogP contribution in [0.2, 0.25) is 0 Å². The number of nitrogens with one attached hydrogen (secondary N) is 1. The molecular formula is C10H12NNaO. The molecule has 13 heavy (non-hydrogen) atoms. The Morgan fingerprint density at radius 2 is 2.23 bits per heavy atom. The molecule has 0 saturated heterocycles. The second kappa shape index (κ2) is 4.70. The zero-order valence-corrected chi connectivity index (χ0v) is 10.0. The fourth-order valence-corrected chi connectivity index (χ4v) is 1.28. The Kier molecular flexibility index (Phi) is 3.85. The van der Waals surface area contributed by atoms with Crippen molar-refractivity contribution in [2.75, 3.05) is 6.61 Å². The van der Waals surface area contributed by atoms with Crippen LogP contribution < -0.4 is 34.3 Å². The second-order valence-electron chi connectivity index (χ2n) is 2.66. The molecule has 1 aromatic carbocycles. The summed E-state index contributed by atoms with van der Waals surface area (Å²) in [6.07, 6.45) is 1.93. The second-order valence-corrected chi connectivity index (χ2v) is 2.66. The summed E-state index contributed by atoms with van der Waals surface area (Å²) in [5.74, 6) is 0.924. The Labute approximate surface area is 101 Å². The third-order valence-electron chi connectivity index (χ3n) is 1.84. The molecule has 0 aliphatic rings. The van der Waals surface area contributed by atoms with Crippen LogP contribution in [0.1, 0.15) is 8.35 Å². The van der Waals surface area contributed by atoms with Gasteiger partial charge in [0.25, 0.3) is 0 Å². The van der Waals surface area contributed by atoms with E-state index in [1.807, 2.05) is 31.3 Å². The van der Waals surface area contributed by atoms with E-state index in [0.29, 0.717) is 6.61 Å². The van der Waals surface area contributed by atoms with Gasteiger partial charge in [0, 0.05) is 17.8 Å². The molecular weight excluding hydrogens is 173 g/mol. The van der Waals surface area contributed by atoms with Gasteiger partial charge in [-0.05, 0) is 30.5 Å². The standard InChI is InChI=1S/C10H11NO.Na.H/c1-2-12-9-4-3-8-5-6-11-10(8)7-9;;/h3-7,11H,2H2,1H3;;/q;+1;-1. The third-order valence-corrected chi connectivity index (χ3v) is 1.84. The van der Waals surface area contributed by atoms with Crippen LogP contribution >= 0.6 is 0 Å². The summed E-state index contributed by atoms with van der Waals surface area (Å²) in [6, 6.07) is 8.10. The monoisotopic (exact) mass is 185 g/mol. The van der Waals surface area contributed by atoms with E-state index >= 15 is 0 Å². The molecule has 0 atom stereocenters. The average molecular weight is 185 g/mol. The minimum atomic E-state index is 0. The summed E-state index contributed by atoms with van der Waals surface area (Å²) in [7, 11) is 0. The van der Waals surface area contributed by atoms with Crippen molar-refractivity contribution in [3.05, 3.63) is 30.5 Å². The zero-order chi connectivity index (χ0) is 8.39. The Balaban J connectivity index is 0.000000845. The van der Waals surface area contributed by atoms with Gasteiger partial charge in [0.15, 0.2) is 0 Å². The van der Waals surface area contributed by atoms with Gasteiger partial charge in [-0.25, -0.2) is 0 Å². The van der Waals surface area contributed by atoms with Gasteiger partial charge in [-0.3, -0.25) is 0 Å². The number of benzene rings is 1. The molecule has 0 saturated carbocycles. The first-order valence-corrected chi connectivity index (χ1v) is 4.10. The quantitative estimate of drug-likeness (QED) is 0.637. The Morgan fingerprint density at radius 3 is 3.00 bits per heavy atom. The van der Waals surface area contributed by atoms with Crippen LogP contribution in [0.5, 0.6) is 5.75 Å². The number of aromatic amines is 1. The van der Waals surface area contributed by atoms with E-state index in [1.54, 1.807) is 0 Å². The molecule has 1 heterocycles. The van der Waals surface area contributed by atoms with Crippen molar-refractivity contribution in [1.82, 2.24) is 4.98 Å². The van der Waals surface area contributed by atoms with Gasteiger partial charge >= 0.3 is 29.6 Å². The summed E-state index contributed by atoms with van der Waals surface area (Å²) in [5.41, 5.74) is 1.13. The molecule has 2 nitrogen and oxygen atoms in total. The third kappa shape index (κ3) is 2.27. The molecule has 3 heteroatoms. The fourth-order valence-electron chi connectivity index (χ4n) is 1.28. The largest absolute Gasteiger partial charge is 1.00 e. The van der Waals surface area contributed by atoms with Crippen LogP contribution in [0.25, 0.3) is 10.9 Å². The molecule has 0 aliphatic carbocycles. The molecule has 1 N–H and O–H groups in total. The molecule has 0 spiro atoms. The Morgan fingerprint density at radius 1 is 1.38 bits per heavy atom. The minimum Gasteiger partial charge on any atom is -1.00 e. The number of ether oxygens (including phenoxy) is 1. The smallest absolute Gasteiger partial charge is 1.00 e. The van der Waals surface area contributed by atoms with Gasteiger partial charge in [-0.1, -0.05) is 0 Å². The van der Waals surface area contributed by atoms with Crippen LogP contribution in [0.3, 0.4) is 0 Å². The van der Waals surface area contributed by atoms with E-state index in [0.717, 1.165) is 11.3 Å². The molecule has 64 valence electrons. The predicted molar refractivity (Wildman–Crippen MR) is 50.6 cm³/mol. The van der Waals surface area contributed by atoms with Crippen molar-refractivity contribution in [1.29, 1.82) is 0 Å². The van der Waals surface area contributed by atoms with Crippen LogP contribution in [0.4, 0.5) is 0 Å². The van der Waals surface area contributed by atoms with E-state index < -0.39 is 0 Å². The topological polar surface area (TPSA) is 25.0 Å². The molecule has 0 bridgehead atoms. The van der Waals surface area contributed by atoms with Gasteiger partial charge in [0.2, 0.25) is 0 Å². The summed E-state index contributed by atoms with van der Waals surface area (Å²) in [4.78, 5) is 3.14. The molecule has 0 fully saturated rings. The average Bonchev–Trinajstić information content (AvgIpc) is 2.51. The molecule has 0 amide bonds. The maximum atomic E-state index is 5.36. The zero-order valence-electron chi connectivity index (χ0n) is 9.00. The molecule has 0 unspecified atom stereocenters. The molecule has 1 aromatic heterocycles. The van der Waals surface area contributed by atoms with Gasteiger partial charge in [0.05, 0.1) is 6.61 Å². The van der Waals surface area contributed by atoms with E-state index in [4.69, 9.17) is 4.74 Å². The van der Waals surface area contributed by atoms with Crippen molar-refractivity contribution >= 4 is 10.9 Å². The first-order chi connectivity index (χ1) is 5.90. The summed E-state index contributed by atoms with van der Waals surface area (Å²) in [6.45, 7) is 2.70. The normalized spacial score (nSPS) is 9.62. The summed E-state index contributed by atoms with van der Waals surface area (Å²) < 4.78 is 5.36. The van der Waals surface area contributed by atoms with Crippen LogP contribution in [0.15, 0.2) is 30.5 Å². The molecule has 0 aliphatic heterocycles. The molecule has 2 rings (SSSR count). The van der Waals surface area contributed by atoms with Crippen molar-refractivity contribution in [3.8, 4) is 5.75 Å². The maximum Gasteiger partial charge on any atom is 1.00 e. The predicted octanol–water partition coefficient (Wildman–Crippen LogP) is -0.317. The number of aromatic nitrogens is 1. The fraction of sp³-hybridized carbons (Fsp3) is 0.200. The first-order valence-electron chi connectivity index (χ1n) is 4.10. The summed E-state index contributed by atoms with van der Waals surface area (Å²) in [5, 5.41) is 1.22. The SMILES string of the molecule is CCOc1ccc2cc[nH]c2c1.[H-].[Na+].